The maximum atomic E-state index is 4.34. The molecule has 0 aromatic carbocycles. The fourth-order valence-corrected chi connectivity index (χ4v) is 2.65. The smallest absolute Gasteiger partial charge is 0.143 e. The van der Waals surface area contributed by atoms with Crippen LogP contribution in [0.2, 0.25) is 0 Å². The number of aryl methyl sites for hydroxylation is 1. The van der Waals surface area contributed by atoms with Crippen molar-refractivity contribution < 1.29 is 0 Å². The number of nitrogens with one attached hydrogen (secondary N) is 1. The number of imidazole rings is 1. The number of halogens is 1. The number of hydrogen-bond acceptors (Lipinski definition) is 4. The highest BCUT2D eigenvalue weighted by molar-refractivity contribution is 9.10. The lowest BCUT2D eigenvalue weighted by Crippen LogP contribution is -2.26. The summed E-state index contributed by atoms with van der Waals surface area (Å²) in [4.78, 5) is 12.5. The second kappa shape index (κ2) is 5.06. The first kappa shape index (κ1) is 11.6. The van der Waals surface area contributed by atoms with E-state index in [1.54, 1.807) is 12.5 Å². The Morgan fingerprint density at radius 1 is 1.44 bits per heavy atom. The van der Waals surface area contributed by atoms with Crippen molar-refractivity contribution >= 4 is 21.7 Å². The fourth-order valence-electron chi connectivity index (χ4n) is 2.29. The minimum atomic E-state index is 0.619. The predicted molar refractivity (Wildman–Crippen MR) is 72.3 cm³/mol. The Hall–Kier alpha value is -1.43. The molecule has 5 nitrogen and oxygen atoms in total. The van der Waals surface area contributed by atoms with Crippen molar-refractivity contribution in [3.05, 3.63) is 35.2 Å². The van der Waals surface area contributed by atoms with Crippen molar-refractivity contribution in [2.75, 3.05) is 11.9 Å². The van der Waals surface area contributed by atoms with Gasteiger partial charge in [0, 0.05) is 38.1 Å². The lowest BCUT2D eigenvalue weighted by molar-refractivity contribution is 0.381. The van der Waals surface area contributed by atoms with Gasteiger partial charge in [0.15, 0.2) is 0 Å². The first-order valence-electron chi connectivity index (χ1n) is 6.02. The molecule has 0 unspecified atom stereocenters. The van der Waals surface area contributed by atoms with Gasteiger partial charge in [-0.25, -0.2) is 15.0 Å². The maximum absolute atomic E-state index is 4.34. The molecule has 0 amide bonds. The number of rotatable bonds is 3. The summed E-state index contributed by atoms with van der Waals surface area (Å²) in [6.07, 6.45) is 9.48. The van der Waals surface area contributed by atoms with Gasteiger partial charge in [0.05, 0.1) is 4.47 Å². The first-order chi connectivity index (χ1) is 8.83. The molecule has 0 spiro atoms. The third kappa shape index (κ3) is 2.38. The molecule has 6 heteroatoms. The van der Waals surface area contributed by atoms with Gasteiger partial charge in [-0.1, -0.05) is 0 Å². The van der Waals surface area contributed by atoms with Crippen LogP contribution in [-0.2, 0) is 13.0 Å². The highest BCUT2D eigenvalue weighted by atomic mass is 79.9. The van der Waals surface area contributed by atoms with Crippen LogP contribution in [0.4, 0.5) is 5.82 Å². The first-order valence-corrected chi connectivity index (χ1v) is 6.81. The number of fused-ring (bicyclic) bond motifs is 1. The molecule has 3 heterocycles. The van der Waals surface area contributed by atoms with Gasteiger partial charge in [0.2, 0.25) is 0 Å². The predicted octanol–water partition coefficient (Wildman–Crippen LogP) is 2.11. The van der Waals surface area contributed by atoms with E-state index in [1.165, 1.54) is 12.2 Å². The van der Waals surface area contributed by atoms with E-state index in [9.17, 15) is 0 Å². The molecule has 3 rings (SSSR count). The van der Waals surface area contributed by atoms with Crippen LogP contribution >= 0.6 is 15.9 Å². The average Bonchev–Trinajstić information content (AvgIpc) is 2.85. The molecule has 0 saturated carbocycles. The SMILES string of the molecule is Brc1cncnc1NC[C@H]1CCc2nccn2C1. The molecule has 1 atom stereocenters. The van der Waals surface area contributed by atoms with Crippen LogP contribution in [0.1, 0.15) is 12.2 Å². The number of nitrogens with zero attached hydrogens (tertiary/aromatic N) is 4. The zero-order chi connectivity index (χ0) is 12.4. The molecule has 94 valence electrons. The minimum absolute atomic E-state index is 0.619. The number of anilines is 1. The summed E-state index contributed by atoms with van der Waals surface area (Å²) in [6.45, 7) is 1.96. The lowest BCUT2D eigenvalue weighted by atomic mass is 9.99. The molecule has 0 saturated heterocycles. The Kier molecular flexibility index (Phi) is 3.27. The number of hydrogen-bond donors (Lipinski definition) is 1. The molecule has 0 radical (unpaired) electrons. The summed E-state index contributed by atoms with van der Waals surface area (Å²) in [6, 6.07) is 0. The normalized spacial score (nSPS) is 18.4. The van der Waals surface area contributed by atoms with Crippen LogP contribution in [0, 0.1) is 5.92 Å². The van der Waals surface area contributed by atoms with E-state index < -0.39 is 0 Å². The van der Waals surface area contributed by atoms with E-state index in [-0.39, 0.29) is 0 Å². The van der Waals surface area contributed by atoms with Crippen LogP contribution in [0.15, 0.2) is 29.4 Å². The van der Waals surface area contributed by atoms with Gasteiger partial charge in [-0.3, -0.25) is 0 Å². The van der Waals surface area contributed by atoms with Crippen molar-refractivity contribution in [2.24, 2.45) is 5.92 Å². The molecule has 1 aliphatic heterocycles. The van der Waals surface area contributed by atoms with Gasteiger partial charge in [-0.2, -0.15) is 0 Å². The fraction of sp³-hybridized carbons (Fsp3) is 0.417. The molecule has 0 fully saturated rings. The van der Waals surface area contributed by atoms with Gasteiger partial charge in [0.1, 0.15) is 18.0 Å². The van der Waals surface area contributed by atoms with Crippen LogP contribution in [0.25, 0.3) is 0 Å². The summed E-state index contributed by atoms with van der Waals surface area (Å²) in [5.74, 6) is 2.68. The topological polar surface area (TPSA) is 55.6 Å². The van der Waals surface area contributed by atoms with E-state index in [2.05, 4.69) is 47.0 Å². The average molecular weight is 308 g/mol. The summed E-state index contributed by atoms with van der Waals surface area (Å²) in [7, 11) is 0. The van der Waals surface area contributed by atoms with Gasteiger partial charge < -0.3 is 9.88 Å². The van der Waals surface area contributed by atoms with Crippen LogP contribution in [0.5, 0.6) is 0 Å². The quantitative estimate of drug-likeness (QED) is 0.943. The molecular formula is C12H14BrN5. The molecule has 1 N–H and O–H groups in total. The second-order valence-corrected chi connectivity index (χ2v) is 5.36. The molecular weight excluding hydrogens is 294 g/mol. The van der Waals surface area contributed by atoms with Crippen molar-refractivity contribution in [1.82, 2.24) is 19.5 Å². The zero-order valence-corrected chi connectivity index (χ0v) is 11.5. The summed E-state index contributed by atoms with van der Waals surface area (Å²) < 4.78 is 3.15. The standard InChI is InChI=1S/C12H14BrN5/c13-10-6-14-8-17-12(10)16-5-9-1-2-11-15-3-4-18(11)7-9/h3-4,6,8-9H,1-2,5,7H2,(H,14,16,17)/t9-/m1/s1. The molecule has 2 aromatic heterocycles. The Bertz CT molecular complexity index is 539. The van der Waals surface area contributed by atoms with E-state index in [1.807, 2.05) is 6.20 Å². The number of aromatic nitrogens is 4. The van der Waals surface area contributed by atoms with Crippen molar-refractivity contribution in [1.29, 1.82) is 0 Å². The van der Waals surface area contributed by atoms with E-state index in [0.29, 0.717) is 5.92 Å². The Balaban J connectivity index is 1.61. The molecule has 1 aliphatic rings. The van der Waals surface area contributed by atoms with Gasteiger partial charge in [-0.15, -0.1) is 0 Å². The van der Waals surface area contributed by atoms with Crippen molar-refractivity contribution in [3.8, 4) is 0 Å². The summed E-state index contributed by atoms with van der Waals surface area (Å²) in [5, 5.41) is 3.37. The Morgan fingerprint density at radius 3 is 3.28 bits per heavy atom. The van der Waals surface area contributed by atoms with Gasteiger partial charge in [-0.05, 0) is 28.3 Å². The third-order valence-electron chi connectivity index (χ3n) is 3.26. The monoisotopic (exact) mass is 307 g/mol. The molecule has 0 aliphatic carbocycles. The van der Waals surface area contributed by atoms with E-state index >= 15 is 0 Å². The van der Waals surface area contributed by atoms with Crippen LogP contribution < -0.4 is 5.32 Å². The summed E-state index contributed by atoms with van der Waals surface area (Å²) >= 11 is 3.44. The lowest BCUT2D eigenvalue weighted by Gasteiger charge is -2.24. The van der Waals surface area contributed by atoms with Crippen molar-refractivity contribution in [2.45, 2.75) is 19.4 Å². The Labute approximate surface area is 114 Å². The molecule has 18 heavy (non-hydrogen) atoms. The van der Waals surface area contributed by atoms with Crippen LogP contribution in [-0.4, -0.2) is 26.1 Å². The van der Waals surface area contributed by atoms with Gasteiger partial charge in [0.25, 0.3) is 0 Å². The van der Waals surface area contributed by atoms with E-state index in [4.69, 9.17) is 0 Å². The minimum Gasteiger partial charge on any atom is -0.369 e. The van der Waals surface area contributed by atoms with Gasteiger partial charge >= 0.3 is 0 Å². The van der Waals surface area contributed by atoms with Crippen molar-refractivity contribution in [3.63, 3.8) is 0 Å². The van der Waals surface area contributed by atoms with Crippen LogP contribution in [0.3, 0.4) is 0 Å². The maximum Gasteiger partial charge on any atom is 0.143 e. The highest BCUT2D eigenvalue weighted by Crippen LogP contribution is 2.21. The second-order valence-electron chi connectivity index (χ2n) is 4.50. The third-order valence-corrected chi connectivity index (χ3v) is 3.84. The molecule has 2 aromatic rings. The summed E-state index contributed by atoms with van der Waals surface area (Å²) in [5.41, 5.74) is 0. The van der Waals surface area contributed by atoms with E-state index in [0.717, 1.165) is 29.8 Å². The largest absolute Gasteiger partial charge is 0.369 e. The zero-order valence-electron chi connectivity index (χ0n) is 9.88. The molecule has 0 bridgehead atoms. The Morgan fingerprint density at radius 2 is 2.39 bits per heavy atom. The highest BCUT2D eigenvalue weighted by Gasteiger charge is 2.18.